The second-order valence-corrected chi connectivity index (χ2v) is 4.83. The van der Waals surface area contributed by atoms with Crippen molar-refractivity contribution in [2.75, 3.05) is 26.2 Å². The van der Waals surface area contributed by atoms with Gasteiger partial charge in [-0.25, -0.2) is 10.1 Å². The fraction of sp³-hybridized carbons (Fsp3) is 0.833. The number of ether oxygens (including phenoxy) is 1. The summed E-state index contributed by atoms with van der Waals surface area (Å²) in [4.78, 5) is 2.37. The van der Waals surface area contributed by atoms with Crippen molar-refractivity contribution in [2.45, 2.75) is 39.0 Å². The number of morpholine rings is 1. The Bertz CT molecular complexity index is 382. The molecule has 0 amide bonds. The first kappa shape index (κ1) is 14.4. The number of aryl methyl sites for hydroxylation is 1. The third-order valence-corrected chi connectivity index (χ3v) is 3.58. The van der Waals surface area contributed by atoms with Gasteiger partial charge in [0.25, 0.3) is 0 Å². The van der Waals surface area contributed by atoms with Gasteiger partial charge in [-0.15, -0.1) is 5.10 Å². The minimum Gasteiger partial charge on any atom is -0.373 e. The Kier molecular flexibility index (Phi) is 5.26. The van der Waals surface area contributed by atoms with Crippen molar-refractivity contribution in [3.8, 4) is 0 Å². The maximum atomic E-state index is 5.87. The van der Waals surface area contributed by atoms with Crippen LogP contribution in [0.5, 0.6) is 0 Å². The number of hydrogen-bond acceptors (Lipinski definition) is 6. The zero-order chi connectivity index (χ0) is 13.7. The maximum absolute atomic E-state index is 5.87. The fourth-order valence-electron chi connectivity index (χ4n) is 2.50. The number of nitrogens with two attached hydrogens (primary N) is 1. The molecule has 7 heteroatoms. The maximum Gasteiger partial charge on any atom is 0.0925 e. The van der Waals surface area contributed by atoms with E-state index in [0.717, 1.165) is 44.9 Å². The first-order valence-electron chi connectivity index (χ1n) is 6.98. The van der Waals surface area contributed by atoms with Crippen LogP contribution in [0.2, 0.25) is 0 Å². The third-order valence-electron chi connectivity index (χ3n) is 3.58. The van der Waals surface area contributed by atoms with Crippen molar-refractivity contribution >= 4 is 0 Å². The van der Waals surface area contributed by atoms with E-state index in [-0.39, 0.29) is 12.1 Å². The van der Waals surface area contributed by atoms with Crippen LogP contribution < -0.4 is 11.3 Å². The van der Waals surface area contributed by atoms with E-state index >= 15 is 0 Å². The smallest absolute Gasteiger partial charge is 0.0925 e. The number of hydrogen-bond donors (Lipinski definition) is 2. The molecule has 0 spiro atoms. The SMILES string of the molecule is CCCn1nncc1C(NN)C1CN(CC)CCO1. The zero-order valence-corrected chi connectivity index (χ0v) is 11.7. The molecule has 0 saturated carbocycles. The van der Waals surface area contributed by atoms with Gasteiger partial charge in [-0.1, -0.05) is 19.1 Å². The molecule has 108 valence electrons. The predicted molar refractivity (Wildman–Crippen MR) is 72.2 cm³/mol. The summed E-state index contributed by atoms with van der Waals surface area (Å²) in [5.41, 5.74) is 3.86. The van der Waals surface area contributed by atoms with Crippen molar-refractivity contribution in [3.05, 3.63) is 11.9 Å². The van der Waals surface area contributed by atoms with Crippen molar-refractivity contribution in [3.63, 3.8) is 0 Å². The van der Waals surface area contributed by atoms with Gasteiger partial charge >= 0.3 is 0 Å². The largest absolute Gasteiger partial charge is 0.373 e. The van der Waals surface area contributed by atoms with E-state index in [1.54, 1.807) is 6.20 Å². The van der Waals surface area contributed by atoms with Crippen LogP contribution in [0.1, 0.15) is 32.0 Å². The van der Waals surface area contributed by atoms with Crippen molar-refractivity contribution in [2.24, 2.45) is 5.84 Å². The normalized spacial score (nSPS) is 22.6. The average molecular weight is 268 g/mol. The van der Waals surface area contributed by atoms with Gasteiger partial charge in [0.15, 0.2) is 0 Å². The fourth-order valence-corrected chi connectivity index (χ4v) is 2.50. The Morgan fingerprint density at radius 1 is 1.58 bits per heavy atom. The zero-order valence-electron chi connectivity index (χ0n) is 11.7. The number of hydrazine groups is 1. The second kappa shape index (κ2) is 6.95. The highest BCUT2D eigenvalue weighted by atomic mass is 16.5. The topological polar surface area (TPSA) is 81.2 Å². The van der Waals surface area contributed by atoms with Crippen LogP contribution in [0, 0.1) is 0 Å². The molecule has 2 atom stereocenters. The van der Waals surface area contributed by atoms with Gasteiger partial charge in [0.1, 0.15) is 0 Å². The first-order chi connectivity index (χ1) is 9.30. The summed E-state index contributed by atoms with van der Waals surface area (Å²) in [6, 6.07) is -0.0732. The molecule has 0 aliphatic carbocycles. The Balaban J connectivity index is 2.12. The number of nitrogens with zero attached hydrogens (tertiary/aromatic N) is 4. The summed E-state index contributed by atoms with van der Waals surface area (Å²) in [7, 11) is 0. The van der Waals surface area contributed by atoms with Gasteiger partial charge in [0.05, 0.1) is 30.6 Å². The standard InChI is InChI=1S/C12H24N6O/c1-3-5-18-10(8-14-16-18)12(15-13)11-9-17(4-2)6-7-19-11/h8,11-12,15H,3-7,9,13H2,1-2H3. The van der Waals surface area contributed by atoms with Gasteiger partial charge in [-0.3, -0.25) is 10.7 Å². The van der Waals surface area contributed by atoms with Gasteiger partial charge in [0.2, 0.25) is 0 Å². The highest BCUT2D eigenvalue weighted by Gasteiger charge is 2.30. The van der Waals surface area contributed by atoms with E-state index in [1.807, 2.05) is 4.68 Å². The predicted octanol–water partition coefficient (Wildman–Crippen LogP) is -0.0868. The molecule has 19 heavy (non-hydrogen) atoms. The molecule has 3 N–H and O–H groups in total. The van der Waals surface area contributed by atoms with Crippen LogP contribution in [0.4, 0.5) is 0 Å². The molecule has 0 aromatic carbocycles. The van der Waals surface area contributed by atoms with E-state index in [4.69, 9.17) is 10.6 Å². The van der Waals surface area contributed by atoms with Crippen LogP contribution in [0.15, 0.2) is 6.20 Å². The summed E-state index contributed by atoms with van der Waals surface area (Å²) in [5, 5.41) is 8.10. The summed E-state index contributed by atoms with van der Waals surface area (Å²) in [5.74, 6) is 5.73. The van der Waals surface area contributed by atoms with Crippen molar-refractivity contribution in [1.29, 1.82) is 0 Å². The van der Waals surface area contributed by atoms with Gasteiger partial charge < -0.3 is 4.74 Å². The average Bonchev–Trinajstić information content (AvgIpc) is 2.89. The van der Waals surface area contributed by atoms with Gasteiger partial charge in [0, 0.05) is 19.6 Å². The molecule has 1 aromatic rings. The van der Waals surface area contributed by atoms with Crippen LogP contribution in [-0.4, -0.2) is 52.2 Å². The van der Waals surface area contributed by atoms with E-state index in [0.29, 0.717) is 0 Å². The monoisotopic (exact) mass is 268 g/mol. The van der Waals surface area contributed by atoms with E-state index in [2.05, 4.69) is 34.5 Å². The number of nitrogens with one attached hydrogen (secondary N) is 1. The number of rotatable bonds is 6. The molecule has 1 aliphatic rings. The Morgan fingerprint density at radius 2 is 2.42 bits per heavy atom. The molecule has 1 fully saturated rings. The molecule has 0 bridgehead atoms. The molecular formula is C12H24N6O. The molecule has 2 rings (SSSR count). The molecule has 1 aromatic heterocycles. The Morgan fingerprint density at radius 3 is 3.11 bits per heavy atom. The number of aromatic nitrogens is 3. The highest BCUT2D eigenvalue weighted by molar-refractivity contribution is 5.06. The summed E-state index contributed by atoms with van der Waals surface area (Å²) >= 11 is 0. The van der Waals surface area contributed by atoms with Gasteiger partial charge in [-0.2, -0.15) is 0 Å². The lowest BCUT2D eigenvalue weighted by Crippen LogP contribution is -2.50. The Hall–Kier alpha value is -1.02. The van der Waals surface area contributed by atoms with Crippen LogP contribution in [-0.2, 0) is 11.3 Å². The minimum atomic E-state index is -0.0732. The molecular weight excluding hydrogens is 244 g/mol. The quantitative estimate of drug-likeness (QED) is 0.554. The first-order valence-corrected chi connectivity index (χ1v) is 6.98. The lowest BCUT2D eigenvalue weighted by molar-refractivity contribution is -0.0470. The summed E-state index contributed by atoms with van der Waals surface area (Å²) < 4.78 is 7.77. The van der Waals surface area contributed by atoms with Crippen LogP contribution >= 0.6 is 0 Å². The molecule has 1 aliphatic heterocycles. The van der Waals surface area contributed by atoms with Crippen molar-refractivity contribution in [1.82, 2.24) is 25.3 Å². The lowest BCUT2D eigenvalue weighted by Gasteiger charge is -2.36. The Labute approximate surface area is 114 Å². The molecule has 0 radical (unpaired) electrons. The number of likely N-dealkylation sites (N-methyl/N-ethyl adjacent to an activating group) is 1. The van der Waals surface area contributed by atoms with Crippen molar-refractivity contribution < 1.29 is 4.74 Å². The van der Waals surface area contributed by atoms with E-state index < -0.39 is 0 Å². The van der Waals surface area contributed by atoms with E-state index in [9.17, 15) is 0 Å². The third kappa shape index (κ3) is 3.30. The summed E-state index contributed by atoms with van der Waals surface area (Å²) in [6.07, 6.45) is 2.82. The molecule has 2 heterocycles. The van der Waals surface area contributed by atoms with Crippen LogP contribution in [0.3, 0.4) is 0 Å². The molecule has 7 nitrogen and oxygen atoms in total. The lowest BCUT2D eigenvalue weighted by atomic mass is 10.1. The molecule has 2 unspecified atom stereocenters. The van der Waals surface area contributed by atoms with Gasteiger partial charge in [-0.05, 0) is 13.0 Å². The second-order valence-electron chi connectivity index (χ2n) is 4.83. The summed E-state index contributed by atoms with van der Waals surface area (Å²) in [6.45, 7) is 8.76. The molecule has 1 saturated heterocycles. The highest BCUT2D eigenvalue weighted by Crippen LogP contribution is 2.21. The van der Waals surface area contributed by atoms with E-state index in [1.165, 1.54) is 0 Å². The minimum absolute atomic E-state index is 0.0350. The van der Waals surface area contributed by atoms with Crippen LogP contribution in [0.25, 0.3) is 0 Å².